The minimum atomic E-state index is 0.570. The smallest absolute Gasteiger partial charge is 0.0551 e. The molecule has 116 valence electrons. The third-order valence-electron chi connectivity index (χ3n) is 3.90. The Kier molecular flexibility index (Phi) is 4.47. The van der Waals surface area contributed by atoms with Crippen LogP contribution in [-0.4, -0.2) is 12.3 Å². The van der Waals surface area contributed by atoms with E-state index < -0.39 is 0 Å². The molecule has 1 nitrogen and oxygen atoms in total. The Morgan fingerprint density at radius 1 is 0.909 bits per heavy atom. The molecule has 0 radical (unpaired) electrons. The van der Waals surface area contributed by atoms with Crippen LogP contribution in [-0.2, 0) is 0 Å². The lowest BCUT2D eigenvalue weighted by Gasteiger charge is -2.30. The summed E-state index contributed by atoms with van der Waals surface area (Å²) in [6, 6.07) is 13.7. The lowest BCUT2D eigenvalue weighted by Crippen LogP contribution is -2.14. The van der Waals surface area contributed by atoms with Crippen LogP contribution in [0.5, 0.6) is 0 Å². The molecule has 1 aliphatic heterocycles. The zero-order valence-corrected chi connectivity index (χ0v) is 15.5. The number of thioether (sulfide) groups is 1. The van der Waals surface area contributed by atoms with Gasteiger partial charge in [0, 0.05) is 27.0 Å². The minimum Gasteiger partial charge on any atom is -0.343 e. The summed E-state index contributed by atoms with van der Waals surface area (Å²) in [5.41, 5.74) is 4.03. The van der Waals surface area contributed by atoms with Gasteiger partial charge in [-0.1, -0.05) is 45.5 Å². The normalized spacial score (nSPS) is 13.5. The molecule has 22 heavy (non-hydrogen) atoms. The van der Waals surface area contributed by atoms with Gasteiger partial charge in [-0.2, -0.15) is 0 Å². The van der Waals surface area contributed by atoms with Crippen LogP contribution in [0, 0.1) is 0 Å². The SMILES string of the molecule is CC(C)Sc1ccc2c(c1)Sc1cc(C(C)C)ccc1N2C. The average Bonchev–Trinajstić information content (AvgIpc) is 2.46. The van der Waals surface area contributed by atoms with Crippen molar-refractivity contribution < 1.29 is 0 Å². The first-order valence-corrected chi connectivity index (χ1v) is 9.51. The quantitative estimate of drug-likeness (QED) is 0.588. The van der Waals surface area contributed by atoms with Crippen molar-refractivity contribution in [2.75, 3.05) is 11.9 Å². The predicted molar refractivity (Wildman–Crippen MR) is 100 cm³/mol. The number of hydrogen-bond donors (Lipinski definition) is 0. The van der Waals surface area contributed by atoms with Gasteiger partial charge < -0.3 is 4.90 Å². The van der Waals surface area contributed by atoms with E-state index in [1.807, 2.05) is 23.5 Å². The van der Waals surface area contributed by atoms with Gasteiger partial charge in [-0.05, 0) is 41.8 Å². The van der Waals surface area contributed by atoms with E-state index in [9.17, 15) is 0 Å². The van der Waals surface area contributed by atoms with Crippen LogP contribution in [0.25, 0.3) is 0 Å². The minimum absolute atomic E-state index is 0.570. The van der Waals surface area contributed by atoms with Crippen molar-refractivity contribution in [2.24, 2.45) is 0 Å². The lowest BCUT2D eigenvalue weighted by atomic mass is 10.0. The van der Waals surface area contributed by atoms with Crippen LogP contribution in [0.3, 0.4) is 0 Å². The summed E-state index contributed by atoms with van der Waals surface area (Å²) in [4.78, 5) is 6.40. The molecule has 0 saturated heterocycles. The van der Waals surface area contributed by atoms with Gasteiger partial charge >= 0.3 is 0 Å². The van der Waals surface area contributed by atoms with Crippen LogP contribution < -0.4 is 4.90 Å². The van der Waals surface area contributed by atoms with Gasteiger partial charge in [0.1, 0.15) is 0 Å². The molecule has 2 aromatic rings. The van der Waals surface area contributed by atoms with Crippen molar-refractivity contribution in [1.82, 2.24) is 0 Å². The largest absolute Gasteiger partial charge is 0.343 e. The Labute approximate surface area is 142 Å². The first-order chi connectivity index (χ1) is 10.5. The van der Waals surface area contributed by atoms with Crippen molar-refractivity contribution in [1.29, 1.82) is 0 Å². The Bertz CT molecular complexity index is 692. The van der Waals surface area contributed by atoms with Crippen molar-refractivity contribution in [3.05, 3.63) is 42.0 Å². The molecule has 0 spiro atoms. The van der Waals surface area contributed by atoms with Gasteiger partial charge in [0.15, 0.2) is 0 Å². The number of nitrogens with zero attached hydrogens (tertiary/aromatic N) is 1. The fraction of sp³-hybridized carbons (Fsp3) is 0.368. The lowest BCUT2D eigenvalue weighted by molar-refractivity contribution is 0.861. The number of hydrogen-bond acceptors (Lipinski definition) is 3. The number of benzene rings is 2. The van der Waals surface area contributed by atoms with Gasteiger partial charge in [-0.25, -0.2) is 0 Å². The molecule has 3 heteroatoms. The summed E-state index contributed by atoms with van der Waals surface area (Å²) in [7, 11) is 2.17. The van der Waals surface area contributed by atoms with E-state index in [1.165, 1.54) is 31.6 Å². The van der Waals surface area contributed by atoms with Crippen LogP contribution in [0.1, 0.15) is 39.2 Å². The van der Waals surface area contributed by atoms with E-state index in [-0.39, 0.29) is 0 Å². The van der Waals surface area contributed by atoms with Crippen LogP contribution in [0.4, 0.5) is 11.4 Å². The fourth-order valence-electron chi connectivity index (χ4n) is 2.70. The average molecular weight is 330 g/mol. The van der Waals surface area contributed by atoms with Gasteiger partial charge in [0.25, 0.3) is 0 Å². The molecule has 0 aromatic heterocycles. The van der Waals surface area contributed by atoms with Gasteiger partial charge in [-0.15, -0.1) is 11.8 Å². The van der Waals surface area contributed by atoms with E-state index in [0.29, 0.717) is 11.2 Å². The van der Waals surface area contributed by atoms with Crippen molar-refractivity contribution in [3.63, 3.8) is 0 Å². The summed E-state index contributed by atoms with van der Waals surface area (Å²) in [5, 5.41) is 0.615. The highest BCUT2D eigenvalue weighted by molar-refractivity contribution is 8.00. The number of rotatable bonds is 3. The second-order valence-electron chi connectivity index (χ2n) is 6.34. The molecule has 0 saturated carbocycles. The highest BCUT2D eigenvalue weighted by atomic mass is 32.2. The summed E-state index contributed by atoms with van der Waals surface area (Å²) >= 11 is 3.83. The van der Waals surface area contributed by atoms with Crippen molar-refractivity contribution in [3.8, 4) is 0 Å². The first kappa shape index (κ1) is 15.8. The molecule has 0 unspecified atom stereocenters. The summed E-state index contributed by atoms with van der Waals surface area (Å²) in [6.45, 7) is 9.00. The molecule has 0 bridgehead atoms. The van der Waals surface area contributed by atoms with Gasteiger partial charge in [0.2, 0.25) is 0 Å². The maximum atomic E-state index is 2.35. The fourth-order valence-corrected chi connectivity index (χ4v) is 4.88. The molecule has 0 N–H and O–H groups in total. The molecule has 1 aliphatic rings. The monoisotopic (exact) mass is 329 g/mol. The van der Waals surface area contributed by atoms with Crippen LogP contribution in [0.15, 0.2) is 51.1 Å². The summed E-state index contributed by atoms with van der Waals surface area (Å²) < 4.78 is 0. The standard InChI is InChI=1S/C19H23NS2/c1-12(2)14-6-8-16-18(10-14)22-19-11-15(21-13(3)4)7-9-17(19)20(16)5/h6-13H,1-5H3. The van der Waals surface area contributed by atoms with Gasteiger partial charge in [-0.3, -0.25) is 0 Å². The highest BCUT2D eigenvalue weighted by Crippen LogP contribution is 2.49. The van der Waals surface area contributed by atoms with Crippen molar-refractivity contribution >= 4 is 34.9 Å². The molecule has 2 aromatic carbocycles. The molecule has 0 atom stereocenters. The molecule has 1 heterocycles. The maximum absolute atomic E-state index is 2.35. The molecule has 0 fully saturated rings. The zero-order chi connectivity index (χ0) is 15.9. The first-order valence-electron chi connectivity index (χ1n) is 7.82. The molecule has 3 rings (SSSR count). The van der Waals surface area contributed by atoms with Crippen LogP contribution >= 0.6 is 23.5 Å². The van der Waals surface area contributed by atoms with E-state index in [2.05, 4.69) is 76.0 Å². The van der Waals surface area contributed by atoms with Crippen LogP contribution in [0.2, 0.25) is 0 Å². The van der Waals surface area contributed by atoms with E-state index >= 15 is 0 Å². The van der Waals surface area contributed by atoms with E-state index in [1.54, 1.807) is 0 Å². The van der Waals surface area contributed by atoms with E-state index in [0.717, 1.165) is 0 Å². The maximum Gasteiger partial charge on any atom is 0.0551 e. The number of anilines is 2. The Balaban J connectivity index is 1.99. The molecule has 0 amide bonds. The topological polar surface area (TPSA) is 3.24 Å². The predicted octanol–water partition coefficient (Wildman–Crippen LogP) is 6.54. The second kappa shape index (κ2) is 6.21. The second-order valence-corrected chi connectivity index (χ2v) is 9.07. The van der Waals surface area contributed by atoms with E-state index in [4.69, 9.17) is 0 Å². The Morgan fingerprint density at radius 3 is 2.18 bits per heavy atom. The highest BCUT2D eigenvalue weighted by Gasteiger charge is 2.21. The summed E-state index contributed by atoms with van der Waals surface area (Å²) in [5.74, 6) is 0.570. The molecular formula is C19H23NS2. The third-order valence-corrected chi connectivity index (χ3v) is 5.99. The molecular weight excluding hydrogens is 306 g/mol. The molecule has 0 aliphatic carbocycles. The Morgan fingerprint density at radius 2 is 1.55 bits per heavy atom. The van der Waals surface area contributed by atoms with Gasteiger partial charge in [0.05, 0.1) is 11.4 Å². The van der Waals surface area contributed by atoms with Crippen molar-refractivity contribution in [2.45, 2.75) is 53.5 Å². The number of fused-ring (bicyclic) bond motifs is 2. The third kappa shape index (κ3) is 3.02. The zero-order valence-electron chi connectivity index (χ0n) is 13.9. The summed E-state index contributed by atoms with van der Waals surface area (Å²) in [6.07, 6.45) is 0. The Hall–Kier alpha value is -1.06.